The van der Waals surface area contributed by atoms with Gasteiger partial charge in [0.2, 0.25) is 0 Å². The first-order chi connectivity index (χ1) is 6.45. The molecule has 74 valence electrons. The number of hydrogen-bond acceptors (Lipinski definition) is 1. The van der Waals surface area contributed by atoms with E-state index >= 15 is 0 Å². The highest BCUT2D eigenvalue weighted by atomic mass is 35.5. The average Bonchev–Trinajstić information content (AvgIpc) is 2.69. The molecule has 0 aliphatic carbocycles. The minimum Gasteiger partial charge on any atom is -0.471 e. The Balaban J connectivity index is 0.000000980. The summed E-state index contributed by atoms with van der Waals surface area (Å²) < 4.78 is 5.55. The zero-order valence-corrected chi connectivity index (χ0v) is 9.25. The van der Waals surface area contributed by atoms with Gasteiger partial charge in [-0.05, 0) is 24.3 Å². The van der Waals surface area contributed by atoms with Gasteiger partial charge in [0.15, 0.2) is 0 Å². The van der Waals surface area contributed by atoms with Gasteiger partial charge in [-0.3, -0.25) is 0 Å². The molecule has 1 N–H and O–H groups in total. The zero-order chi connectivity index (χ0) is 8.93. The Hall–Kier alpha value is -0.980. The van der Waals surface area contributed by atoms with Crippen molar-refractivity contribution in [3.05, 3.63) is 48.7 Å². The van der Waals surface area contributed by atoms with E-state index in [-0.39, 0.29) is 12.4 Å². The number of halogens is 1. The number of aromatic amines is 1. The summed E-state index contributed by atoms with van der Waals surface area (Å²) in [5.41, 5.74) is 1.11. The molecule has 4 heteroatoms. The topological polar surface area (TPSA) is 25.0 Å². The molecule has 2 aromatic rings. The molecular formula is C10H11ClNOP. The van der Waals surface area contributed by atoms with Gasteiger partial charge in [0.05, 0.1) is 5.44 Å². The van der Waals surface area contributed by atoms with Crippen molar-refractivity contribution in [2.24, 2.45) is 0 Å². The first kappa shape index (κ1) is 11.1. The summed E-state index contributed by atoms with van der Waals surface area (Å²) in [5, 5.41) is 0. The number of nitrogens with one attached hydrogen (secondary N) is 1. The first-order valence-electron chi connectivity index (χ1n) is 4.06. The Bertz CT molecular complexity index is 350. The molecule has 0 saturated carbocycles. The molecule has 0 bridgehead atoms. The molecule has 0 spiro atoms. The van der Waals surface area contributed by atoms with Crippen LogP contribution in [0.2, 0.25) is 0 Å². The minimum absolute atomic E-state index is 0. The lowest BCUT2D eigenvalue weighted by atomic mass is 10.3. The number of rotatable bonds is 3. The monoisotopic (exact) mass is 227 g/mol. The maximum Gasteiger partial charge on any atom is 0.123 e. The average molecular weight is 228 g/mol. The van der Waals surface area contributed by atoms with Crippen LogP contribution < -0.4 is 9.96 Å². The second-order valence-electron chi connectivity index (χ2n) is 2.60. The van der Waals surface area contributed by atoms with E-state index in [2.05, 4.69) is 4.98 Å². The highest BCUT2D eigenvalue weighted by Gasteiger charge is 1.94. The molecule has 1 unspecified atom stereocenters. The Kier molecular flexibility index (Phi) is 4.51. The molecule has 0 aliphatic rings. The van der Waals surface area contributed by atoms with Crippen LogP contribution in [0.3, 0.4) is 0 Å². The van der Waals surface area contributed by atoms with Gasteiger partial charge in [0.1, 0.15) is 14.6 Å². The van der Waals surface area contributed by atoms with Crippen molar-refractivity contribution in [1.82, 2.24) is 4.98 Å². The predicted octanol–water partition coefficient (Wildman–Crippen LogP) is 2.73. The second-order valence-corrected chi connectivity index (χ2v) is 3.55. The van der Waals surface area contributed by atoms with Gasteiger partial charge in [-0.15, -0.1) is 12.4 Å². The highest BCUT2D eigenvalue weighted by Crippen LogP contribution is 2.18. The van der Waals surface area contributed by atoms with Gasteiger partial charge in [0, 0.05) is 6.20 Å². The number of hydrogen-bond donors (Lipinski definition) is 1. The van der Waals surface area contributed by atoms with Gasteiger partial charge in [0.25, 0.3) is 0 Å². The summed E-state index contributed by atoms with van der Waals surface area (Å²) in [7, 11) is 0.351. The number of aromatic nitrogens is 1. The maximum absolute atomic E-state index is 5.55. The fraction of sp³-hybridized carbons (Fsp3) is 0. The van der Waals surface area contributed by atoms with E-state index < -0.39 is 0 Å². The van der Waals surface area contributed by atoms with Gasteiger partial charge in [-0.25, -0.2) is 0 Å². The van der Waals surface area contributed by atoms with Crippen LogP contribution in [0.4, 0.5) is 0 Å². The normalized spacial score (nSPS) is 10.0. The Morgan fingerprint density at radius 3 is 2.43 bits per heavy atom. The fourth-order valence-corrected chi connectivity index (χ4v) is 1.67. The molecule has 2 rings (SSSR count). The van der Waals surface area contributed by atoms with E-state index in [1.165, 1.54) is 0 Å². The summed E-state index contributed by atoms with van der Waals surface area (Å²) in [6, 6.07) is 13.8. The molecule has 1 heterocycles. The van der Waals surface area contributed by atoms with E-state index in [4.69, 9.17) is 4.52 Å². The summed E-state index contributed by atoms with van der Waals surface area (Å²) in [6.45, 7) is 0. The van der Waals surface area contributed by atoms with Crippen LogP contribution in [0.15, 0.2) is 48.7 Å². The van der Waals surface area contributed by atoms with Crippen LogP contribution in [-0.2, 0) is 0 Å². The molecule has 1 aromatic heterocycles. The third kappa shape index (κ3) is 3.06. The van der Waals surface area contributed by atoms with Crippen molar-refractivity contribution >= 4 is 26.6 Å². The predicted molar refractivity (Wildman–Crippen MR) is 63.1 cm³/mol. The lowest BCUT2D eigenvalue weighted by Gasteiger charge is -2.02. The second kappa shape index (κ2) is 5.69. The molecule has 0 saturated heterocycles. The van der Waals surface area contributed by atoms with E-state index in [1.807, 2.05) is 48.7 Å². The van der Waals surface area contributed by atoms with Crippen LogP contribution in [0.5, 0.6) is 5.75 Å². The molecule has 14 heavy (non-hydrogen) atoms. The Labute approximate surface area is 91.0 Å². The van der Waals surface area contributed by atoms with Crippen molar-refractivity contribution in [2.45, 2.75) is 0 Å². The number of H-pyrrole nitrogens is 1. The molecule has 0 amide bonds. The van der Waals surface area contributed by atoms with Crippen LogP contribution in [0, 0.1) is 0 Å². The fourth-order valence-electron chi connectivity index (χ4n) is 0.996. The quantitative estimate of drug-likeness (QED) is 0.802. The van der Waals surface area contributed by atoms with Crippen LogP contribution >= 0.6 is 21.2 Å². The highest BCUT2D eigenvalue weighted by molar-refractivity contribution is 7.42. The molecule has 2 nitrogen and oxygen atoms in total. The van der Waals surface area contributed by atoms with Crippen LogP contribution in [0.1, 0.15) is 0 Å². The largest absolute Gasteiger partial charge is 0.471 e. The van der Waals surface area contributed by atoms with Gasteiger partial charge in [-0.1, -0.05) is 18.2 Å². The summed E-state index contributed by atoms with van der Waals surface area (Å²) in [5.74, 6) is 0.912. The van der Waals surface area contributed by atoms with Gasteiger partial charge < -0.3 is 9.51 Å². The van der Waals surface area contributed by atoms with Crippen molar-refractivity contribution in [2.75, 3.05) is 0 Å². The molecular weight excluding hydrogens is 217 g/mol. The van der Waals surface area contributed by atoms with E-state index in [1.54, 1.807) is 0 Å². The molecule has 1 atom stereocenters. The number of para-hydroxylation sites is 1. The lowest BCUT2D eigenvalue weighted by Crippen LogP contribution is -1.95. The Morgan fingerprint density at radius 1 is 1.00 bits per heavy atom. The van der Waals surface area contributed by atoms with Crippen molar-refractivity contribution < 1.29 is 4.52 Å². The molecule has 0 aliphatic heterocycles. The number of benzene rings is 1. The van der Waals surface area contributed by atoms with Gasteiger partial charge in [-0.2, -0.15) is 0 Å². The van der Waals surface area contributed by atoms with E-state index in [9.17, 15) is 0 Å². The third-order valence-electron chi connectivity index (χ3n) is 1.62. The smallest absolute Gasteiger partial charge is 0.123 e. The molecule has 0 fully saturated rings. The third-order valence-corrected chi connectivity index (χ3v) is 2.49. The molecule has 0 radical (unpaired) electrons. The first-order valence-corrected chi connectivity index (χ1v) is 4.97. The summed E-state index contributed by atoms with van der Waals surface area (Å²) in [4.78, 5) is 3.09. The SMILES string of the molecule is Cl.c1ccc(OPc2ccc[nH]2)cc1. The van der Waals surface area contributed by atoms with E-state index in [0.717, 1.165) is 11.2 Å². The van der Waals surface area contributed by atoms with Crippen molar-refractivity contribution in [3.63, 3.8) is 0 Å². The van der Waals surface area contributed by atoms with Crippen LogP contribution in [-0.4, -0.2) is 4.98 Å². The summed E-state index contributed by atoms with van der Waals surface area (Å²) in [6.07, 6.45) is 1.90. The summed E-state index contributed by atoms with van der Waals surface area (Å²) >= 11 is 0. The zero-order valence-electron chi connectivity index (χ0n) is 7.44. The van der Waals surface area contributed by atoms with Crippen LogP contribution in [0.25, 0.3) is 0 Å². The standard InChI is InChI=1S/C10H10NOP.ClH/c1-2-5-9(6-3-1)12-13-10-7-4-8-11-10;/h1-8,11,13H;1H. The Morgan fingerprint density at radius 2 is 1.79 bits per heavy atom. The van der Waals surface area contributed by atoms with Crippen molar-refractivity contribution in [1.29, 1.82) is 0 Å². The lowest BCUT2D eigenvalue weighted by molar-refractivity contribution is 0.638. The van der Waals surface area contributed by atoms with E-state index in [0.29, 0.717) is 8.81 Å². The molecule has 1 aromatic carbocycles. The van der Waals surface area contributed by atoms with Gasteiger partial charge >= 0.3 is 0 Å². The minimum atomic E-state index is 0. The maximum atomic E-state index is 5.55. The van der Waals surface area contributed by atoms with Crippen molar-refractivity contribution in [3.8, 4) is 5.75 Å².